The number of nitrogens with zero attached hydrogens (tertiary/aromatic N) is 1. The molecular formula is C22H31NO2. The minimum Gasteiger partial charge on any atom is -0.386 e. The van der Waals surface area contributed by atoms with Gasteiger partial charge in [0.1, 0.15) is 0 Å². The number of nitriles is 1. The second-order valence-electron chi connectivity index (χ2n) is 9.29. The molecule has 136 valence electrons. The third kappa shape index (κ3) is 2.37. The fourth-order valence-electron chi connectivity index (χ4n) is 7.12. The van der Waals surface area contributed by atoms with Crippen molar-refractivity contribution < 1.29 is 9.84 Å². The molecule has 0 heterocycles. The van der Waals surface area contributed by atoms with Crippen LogP contribution in [0.25, 0.3) is 0 Å². The molecule has 0 aliphatic heterocycles. The average molecular weight is 341 g/mol. The van der Waals surface area contributed by atoms with Crippen molar-refractivity contribution in [3.05, 3.63) is 23.3 Å². The summed E-state index contributed by atoms with van der Waals surface area (Å²) in [6, 6.07) is 2.30. The largest absolute Gasteiger partial charge is 0.386 e. The van der Waals surface area contributed by atoms with Crippen molar-refractivity contribution in [3.8, 4) is 6.07 Å². The predicted octanol–water partition coefficient (Wildman–Crippen LogP) is 4.38. The molecule has 3 nitrogen and oxygen atoms in total. The predicted molar refractivity (Wildman–Crippen MR) is 97.6 cm³/mol. The molecule has 0 aromatic rings. The summed E-state index contributed by atoms with van der Waals surface area (Å²) in [4.78, 5) is 0. The van der Waals surface area contributed by atoms with Crippen LogP contribution in [-0.2, 0) is 4.74 Å². The Balaban J connectivity index is 1.67. The molecule has 0 radical (unpaired) electrons. The lowest BCUT2D eigenvalue weighted by Crippen LogP contribution is -2.52. The number of methoxy groups -OCH3 is 1. The Morgan fingerprint density at radius 1 is 1.20 bits per heavy atom. The fraction of sp³-hybridized carbons (Fsp3) is 0.773. The van der Waals surface area contributed by atoms with Crippen molar-refractivity contribution in [2.75, 3.05) is 7.11 Å². The van der Waals surface area contributed by atoms with E-state index in [0.29, 0.717) is 5.92 Å². The molecule has 0 aromatic carbocycles. The molecule has 7 unspecified atom stereocenters. The van der Waals surface area contributed by atoms with E-state index in [2.05, 4.69) is 26.0 Å². The number of hydrogen-bond donors (Lipinski definition) is 1. The van der Waals surface area contributed by atoms with Crippen molar-refractivity contribution in [2.24, 2.45) is 28.6 Å². The number of hydrogen-bond acceptors (Lipinski definition) is 3. The van der Waals surface area contributed by atoms with E-state index in [-0.39, 0.29) is 16.9 Å². The smallest absolute Gasteiger partial charge is 0.0985 e. The zero-order valence-corrected chi connectivity index (χ0v) is 15.8. The Morgan fingerprint density at radius 2 is 1.96 bits per heavy atom. The average Bonchev–Trinajstić information content (AvgIpc) is 2.92. The highest BCUT2D eigenvalue weighted by Gasteiger charge is 2.58. The zero-order chi connectivity index (χ0) is 17.8. The van der Waals surface area contributed by atoms with Crippen molar-refractivity contribution in [1.82, 2.24) is 0 Å². The van der Waals surface area contributed by atoms with Gasteiger partial charge in [0.15, 0.2) is 0 Å². The lowest BCUT2D eigenvalue weighted by molar-refractivity contribution is -0.0760. The number of aliphatic hydroxyl groups is 1. The van der Waals surface area contributed by atoms with Crippen LogP contribution in [0.2, 0.25) is 0 Å². The maximum absolute atomic E-state index is 10.4. The Labute approximate surface area is 151 Å². The van der Waals surface area contributed by atoms with Crippen molar-refractivity contribution in [2.45, 2.75) is 71.0 Å². The van der Waals surface area contributed by atoms with E-state index in [0.717, 1.165) is 31.1 Å². The molecule has 7 atom stereocenters. The monoisotopic (exact) mass is 341 g/mol. The van der Waals surface area contributed by atoms with Crippen LogP contribution < -0.4 is 0 Å². The van der Waals surface area contributed by atoms with Gasteiger partial charge in [0.05, 0.1) is 18.3 Å². The van der Waals surface area contributed by atoms with Gasteiger partial charge in [0.2, 0.25) is 0 Å². The molecule has 3 saturated carbocycles. The summed E-state index contributed by atoms with van der Waals surface area (Å²) in [7, 11) is 1.73. The lowest BCUT2D eigenvalue weighted by Gasteiger charge is -2.58. The SMILES string of the molecule is COC1CC2(C)C(=CC1O)CCC1C3CCC(=CC#N)C3(C)CCC12. The Kier molecular flexibility index (Phi) is 4.13. The molecule has 25 heavy (non-hydrogen) atoms. The molecule has 4 aliphatic carbocycles. The van der Waals surface area contributed by atoms with E-state index in [9.17, 15) is 5.11 Å². The third-order valence-electron chi connectivity index (χ3n) is 8.50. The molecule has 4 rings (SSSR count). The Bertz CT molecular complexity index is 659. The third-order valence-corrected chi connectivity index (χ3v) is 8.50. The number of aliphatic hydroxyl groups excluding tert-OH is 1. The standard InChI is InChI=1S/C22H31NO2/c1-21-10-8-18-16(17(21)7-5-14(21)9-11-23)6-4-15-12-19(24)20(25-3)13-22(15,18)2/h9,12,16-20,24H,4-8,10,13H2,1-3H3. The molecule has 0 bridgehead atoms. The second kappa shape index (κ2) is 5.96. The molecule has 0 aromatic heterocycles. The summed E-state index contributed by atoms with van der Waals surface area (Å²) in [5.74, 6) is 2.16. The van der Waals surface area contributed by atoms with Gasteiger partial charge in [-0.2, -0.15) is 5.26 Å². The number of allylic oxidation sites excluding steroid dienone is 3. The van der Waals surface area contributed by atoms with Crippen LogP contribution in [0.1, 0.15) is 58.8 Å². The van der Waals surface area contributed by atoms with E-state index in [1.807, 2.05) is 6.08 Å². The fourth-order valence-corrected chi connectivity index (χ4v) is 7.12. The molecule has 0 amide bonds. The highest BCUT2D eigenvalue weighted by atomic mass is 16.5. The molecule has 0 spiro atoms. The molecular weight excluding hydrogens is 310 g/mol. The van der Waals surface area contributed by atoms with E-state index >= 15 is 0 Å². The normalized spacial score (nSPS) is 50.4. The first-order valence-corrected chi connectivity index (χ1v) is 9.95. The highest BCUT2D eigenvalue weighted by Crippen LogP contribution is 2.66. The second-order valence-corrected chi connectivity index (χ2v) is 9.29. The van der Waals surface area contributed by atoms with Crippen molar-refractivity contribution >= 4 is 0 Å². The van der Waals surface area contributed by atoms with Crippen LogP contribution in [-0.4, -0.2) is 24.4 Å². The molecule has 4 aliphatic rings. The summed E-state index contributed by atoms with van der Waals surface area (Å²) in [5.41, 5.74) is 3.29. The van der Waals surface area contributed by atoms with Gasteiger partial charge >= 0.3 is 0 Å². The molecule has 0 saturated heterocycles. The van der Waals surface area contributed by atoms with Gasteiger partial charge in [-0.05, 0) is 73.5 Å². The first kappa shape index (κ1) is 17.3. The van der Waals surface area contributed by atoms with Crippen LogP contribution in [0.4, 0.5) is 0 Å². The Morgan fingerprint density at radius 3 is 2.68 bits per heavy atom. The first-order valence-electron chi connectivity index (χ1n) is 9.95. The summed E-state index contributed by atoms with van der Waals surface area (Å²) in [6.45, 7) is 4.84. The maximum atomic E-state index is 10.4. The quantitative estimate of drug-likeness (QED) is 0.568. The highest BCUT2D eigenvalue weighted by molar-refractivity contribution is 5.31. The van der Waals surface area contributed by atoms with Crippen LogP contribution in [0.3, 0.4) is 0 Å². The molecule has 3 heteroatoms. The van der Waals surface area contributed by atoms with Gasteiger partial charge in [-0.3, -0.25) is 0 Å². The Hall–Kier alpha value is -1.11. The van der Waals surface area contributed by atoms with Gasteiger partial charge in [0.25, 0.3) is 0 Å². The van der Waals surface area contributed by atoms with E-state index < -0.39 is 6.10 Å². The van der Waals surface area contributed by atoms with Crippen LogP contribution >= 0.6 is 0 Å². The van der Waals surface area contributed by atoms with Crippen molar-refractivity contribution in [1.29, 1.82) is 5.26 Å². The summed E-state index contributed by atoms with van der Waals surface area (Å²) in [6.07, 6.45) is 11.5. The van der Waals surface area contributed by atoms with Crippen LogP contribution in [0.15, 0.2) is 23.3 Å². The van der Waals surface area contributed by atoms with Gasteiger partial charge in [-0.1, -0.05) is 31.1 Å². The van der Waals surface area contributed by atoms with Crippen molar-refractivity contribution in [3.63, 3.8) is 0 Å². The summed E-state index contributed by atoms with van der Waals surface area (Å²) < 4.78 is 5.61. The number of fused-ring (bicyclic) bond motifs is 5. The topological polar surface area (TPSA) is 53.2 Å². The van der Waals surface area contributed by atoms with Crippen LogP contribution in [0, 0.1) is 39.9 Å². The minimum absolute atomic E-state index is 0.0709. The number of ether oxygens (including phenoxy) is 1. The number of rotatable bonds is 1. The zero-order valence-electron chi connectivity index (χ0n) is 15.8. The molecule has 3 fully saturated rings. The van der Waals surface area contributed by atoms with E-state index in [1.54, 1.807) is 7.11 Å². The summed E-state index contributed by atoms with van der Waals surface area (Å²) >= 11 is 0. The van der Waals surface area contributed by atoms with Gasteiger partial charge < -0.3 is 9.84 Å². The summed E-state index contributed by atoms with van der Waals surface area (Å²) in [5, 5.41) is 19.5. The molecule has 1 N–H and O–H groups in total. The van der Waals surface area contributed by atoms with Gasteiger partial charge in [0, 0.05) is 13.2 Å². The minimum atomic E-state index is -0.449. The lowest BCUT2D eigenvalue weighted by atomic mass is 9.47. The van der Waals surface area contributed by atoms with Gasteiger partial charge in [-0.25, -0.2) is 0 Å². The van der Waals surface area contributed by atoms with Crippen LogP contribution in [0.5, 0.6) is 0 Å². The van der Waals surface area contributed by atoms with E-state index in [4.69, 9.17) is 10.00 Å². The first-order chi connectivity index (χ1) is 11.9. The van der Waals surface area contributed by atoms with Gasteiger partial charge in [-0.15, -0.1) is 0 Å². The maximum Gasteiger partial charge on any atom is 0.0985 e. The van der Waals surface area contributed by atoms with E-state index in [1.165, 1.54) is 36.8 Å².